The zero-order chi connectivity index (χ0) is 15.9. The number of piperidine rings is 1. The second kappa shape index (κ2) is 7.94. The van der Waals surface area contributed by atoms with E-state index in [1.165, 1.54) is 0 Å². The van der Waals surface area contributed by atoms with E-state index in [-0.39, 0.29) is 30.6 Å². The van der Waals surface area contributed by atoms with Gasteiger partial charge in [0.15, 0.2) is 5.78 Å². The van der Waals surface area contributed by atoms with E-state index in [2.05, 4.69) is 17.6 Å². The summed E-state index contributed by atoms with van der Waals surface area (Å²) in [6.07, 6.45) is 2.36. The molecule has 1 saturated heterocycles. The van der Waals surface area contributed by atoms with Crippen LogP contribution in [0.4, 0.5) is 0 Å². The normalized spacial score (nSPS) is 21.2. The first kappa shape index (κ1) is 16.5. The van der Waals surface area contributed by atoms with Gasteiger partial charge in [-0.25, -0.2) is 0 Å². The van der Waals surface area contributed by atoms with Crippen molar-refractivity contribution in [1.82, 2.24) is 10.6 Å². The number of Topliss-reactive ketones (excluding diaryl/α,β-unsaturated/α-hetero) is 1. The van der Waals surface area contributed by atoms with E-state index in [1.807, 2.05) is 0 Å². The molecule has 0 saturated carbocycles. The fourth-order valence-corrected chi connectivity index (χ4v) is 2.71. The first-order valence-corrected chi connectivity index (χ1v) is 7.78. The number of rotatable bonds is 6. The molecule has 0 spiro atoms. The van der Waals surface area contributed by atoms with Gasteiger partial charge in [-0.1, -0.05) is 0 Å². The molecule has 1 aromatic carbocycles. The molecule has 1 aliphatic rings. The van der Waals surface area contributed by atoms with Crippen molar-refractivity contribution < 1.29 is 14.3 Å². The summed E-state index contributed by atoms with van der Waals surface area (Å²) in [5.41, 5.74) is 0.615. The molecule has 0 radical (unpaired) electrons. The summed E-state index contributed by atoms with van der Waals surface area (Å²) in [6, 6.07) is 7.62. The first-order chi connectivity index (χ1) is 10.6. The lowest BCUT2D eigenvalue weighted by atomic mass is 10.00. The Morgan fingerprint density at radius 3 is 2.64 bits per heavy atom. The summed E-state index contributed by atoms with van der Waals surface area (Å²) < 4.78 is 5.06. The Kier molecular flexibility index (Phi) is 5.95. The van der Waals surface area contributed by atoms with Crippen LogP contribution in [-0.2, 0) is 4.79 Å². The number of hydrogen-bond donors (Lipinski definition) is 2. The van der Waals surface area contributed by atoms with Crippen molar-refractivity contribution in [1.29, 1.82) is 0 Å². The van der Waals surface area contributed by atoms with Crippen LogP contribution in [0.15, 0.2) is 24.3 Å². The molecule has 1 aromatic rings. The molecule has 0 aromatic heterocycles. The number of ketones is 1. The number of hydrogen-bond acceptors (Lipinski definition) is 4. The van der Waals surface area contributed by atoms with E-state index in [9.17, 15) is 9.59 Å². The molecule has 5 nitrogen and oxygen atoms in total. The maximum absolute atomic E-state index is 12.1. The lowest BCUT2D eigenvalue weighted by Crippen LogP contribution is -2.46. The van der Waals surface area contributed by atoms with Gasteiger partial charge in [-0.3, -0.25) is 9.59 Å². The topological polar surface area (TPSA) is 67.4 Å². The molecule has 0 aliphatic carbocycles. The van der Waals surface area contributed by atoms with Crippen molar-refractivity contribution in [2.75, 3.05) is 13.7 Å². The van der Waals surface area contributed by atoms with Gasteiger partial charge in [0.2, 0.25) is 5.91 Å². The van der Waals surface area contributed by atoms with Gasteiger partial charge >= 0.3 is 0 Å². The van der Waals surface area contributed by atoms with Gasteiger partial charge in [-0.05, 0) is 50.6 Å². The average Bonchev–Trinajstić information content (AvgIpc) is 2.52. The van der Waals surface area contributed by atoms with Gasteiger partial charge in [0.25, 0.3) is 0 Å². The summed E-state index contributed by atoms with van der Waals surface area (Å²) >= 11 is 0. The van der Waals surface area contributed by atoms with Crippen LogP contribution in [0.5, 0.6) is 5.75 Å². The second-order valence-electron chi connectivity index (χ2n) is 5.80. The summed E-state index contributed by atoms with van der Waals surface area (Å²) in [5.74, 6) is 0.659. The van der Waals surface area contributed by atoms with Crippen molar-refractivity contribution >= 4 is 11.7 Å². The second-order valence-corrected chi connectivity index (χ2v) is 5.80. The number of carbonyl (C=O) groups excluding carboxylic acids is 2. The van der Waals surface area contributed by atoms with E-state index >= 15 is 0 Å². The highest BCUT2D eigenvalue weighted by Crippen LogP contribution is 2.14. The van der Waals surface area contributed by atoms with Gasteiger partial charge in [0, 0.05) is 30.5 Å². The van der Waals surface area contributed by atoms with Gasteiger partial charge < -0.3 is 15.4 Å². The smallest absolute Gasteiger partial charge is 0.220 e. The minimum absolute atomic E-state index is 0.0171. The van der Waals surface area contributed by atoms with Gasteiger partial charge in [0.1, 0.15) is 5.75 Å². The quantitative estimate of drug-likeness (QED) is 0.788. The highest BCUT2D eigenvalue weighted by molar-refractivity contribution is 5.98. The van der Waals surface area contributed by atoms with Crippen LogP contribution in [0.1, 0.15) is 43.0 Å². The average molecular weight is 304 g/mol. The molecular weight excluding hydrogens is 280 g/mol. The molecule has 22 heavy (non-hydrogen) atoms. The maximum Gasteiger partial charge on any atom is 0.220 e. The largest absolute Gasteiger partial charge is 0.497 e. The van der Waals surface area contributed by atoms with Crippen LogP contribution in [0.25, 0.3) is 0 Å². The Hall–Kier alpha value is -1.88. The van der Waals surface area contributed by atoms with Crippen molar-refractivity contribution in [2.45, 2.75) is 44.7 Å². The summed E-state index contributed by atoms with van der Waals surface area (Å²) in [5, 5.41) is 6.37. The van der Waals surface area contributed by atoms with Crippen LogP contribution < -0.4 is 15.4 Å². The Labute approximate surface area is 131 Å². The minimum atomic E-state index is -0.0408. The Morgan fingerprint density at radius 2 is 2.00 bits per heavy atom. The lowest BCUT2D eigenvalue weighted by molar-refractivity contribution is -0.122. The third-order valence-electron chi connectivity index (χ3n) is 3.98. The fourth-order valence-electron chi connectivity index (χ4n) is 2.71. The fraction of sp³-hybridized carbons (Fsp3) is 0.529. The predicted molar refractivity (Wildman–Crippen MR) is 85.2 cm³/mol. The van der Waals surface area contributed by atoms with Crippen LogP contribution in [0.2, 0.25) is 0 Å². The minimum Gasteiger partial charge on any atom is -0.497 e. The highest BCUT2D eigenvalue weighted by atomic mass is 16.5. The number of methoxy groups -OCH3 is 1. The van der Waals surface area contributed by atoms with Gasteiger partial charge in [0.05, 0.1) is 7.11 Å². The molecule has 2 atom stereocenters. The molecule has 2 rings (SSSR count). The molecule has 2 N–H and O–H groups in total. The van der Waals surface area contributed by atoms with Crippen LogP contribution in [0, 0.1) is 0 Å². The summed E-state index contributed by atoms with van der Waals surface area (Å²) in [4.78, 5) is 24.0. The lowest BCUT2D eigenvalue weighted by Gasteiger charge is -2.28. The summed E-state index contributed by atoms with van der Waals surface area (Å²) in [6.45, 7) is 3.04. The zero-order valence-corrected chi connectivity index (χ0v) is 13.2. The molecule has 5 heteroatoms. The summed E-state index contributed by atoms with van der Waals surface area (Å²) in [7, 11) is 1.59. The molecule has 1 amide bonds. The molecule has 0 bridgehead atoms. The van der Waals surface area contributed by atoms with E-state index in [1.54, 1.807) is 31.4 Å². The predicted octanol–water partition coefficient (Wildman–Crippen LogP) is 1.91. The van der Waals surface area contributed by atoms with Crippen LogP contribution in [-0.4, -0.2) is 37.4 Å². The van der Waals surface area contributed by atoms with E-state index < -0.39 is 0 Å². The number of ether oxygens (including phenoxy) is 1. The Morgan fingerprint density at radius 1 is 1.27 bits per heavy atom. The number of amides is 1. The van der Waals surface area contributed by atoms with Crippen molar-refractivity contribution in [3.63, 3.8) is 0 Å². The molecule has 1 heterocycles. The zero-order valence-electron chi connectivity index (χ0n) is 13.2. The standard InChI is InChI=1S/C17H24N2O3/c1-12-11-14(9-10-18-12)19-17(21)8-7-16(20)13-3-5-15(22-2)6-4-13/h3-6,12,14,18H,7-11H2,1-2H3,(H,19,21). The van der Waals surface area contributed by atoms with Gasteiger partial charge in [-0.2, -0.15) is 0 Å². The highest BCUT2D eigenvalue weighted by Gasteiger charge is 2.20. The Bertz CT molecular complexity index is 513. The van der Waals surface area contributed by atoms with Gasteiger partial charge in [-0.15, -0.1) is 0 Å². The monoisotopic (exact) mass is 304 g/mol. The number of benzene rings is 1. The van der Waals surface area contributed by atoms with Crippen LogP contribution >= 0.6 is 0 Å². The van der Waals surface area contributed by atoms with E-state index in [4.69, 9.17) is 4.74 Å². The van der Waals surface area contributed by atoms with Crippen LogP contribution in [0.3, 0.4) is 0 Å². The Balaban J connectivity index is 1.76. The number of carbonyl (C=O) groups is 2. The third kappa shape index (κ3) is 4.84. The first-order valence-electron chi connectivity index (χ1n) is 7.78. The molecule has 120 valence electrons. The molecule has 1 aliphatic heterocycles. The molecular formula is C17H24N2O3. The van der Waals surface area contributed by atoms with E-state index in [0.29, 0.717) is 17.4 Å². The van der Waals surface area contributed by atoms with Crippen molar-refractivity contribution in [2.24, 2.45) is 0 Å². The third-order valence-corrected chi connectivity index (χ3v) is 3.98. The van der Waals surface area contributed by atoms with E-state index in [0.717, 1.165) is 19.4 Å². The number of nitrogens with one attached hydrogen (secondary N) is 2. The SMILES string of the molecule is COc1ccc(C(=O)CCC(=O)NC2CCNC(C)C2)cc1. The molecule has 1 fully saturated rings. The van der Waals surface area contributed by atoms with Crippen molar-refractivity contribution in [3.05, 3.63) is 29.8 Å². The van der Waals surface area contributed by atoms with Crippen molar-refractivity contribution in [3.8, 4) is 5.75 Å². The molecule has 2 unspecified atom stereocenters. The maximum atomic E-state index is 12.1.